The summed E-state index contributed by atoms with van der Waals surface area (Å²) in [5.74, 6) is 1.83. The average molecular weight is 449 g/mol. The highest BCUT2D eigenvalue weighted by atomic mass is 35.5. The van der Waals surface area contributed by atoms with E-state index in [9.17, 15) is 4.39 Å². The van der Waals surface area contributed by atoms with E-state index in [-0.39, 0.29) is 31.0 Å². The number of morpholine rings is 1. The van der Waals surface area contributed by atoms with Crippen molar-refractivity contribution < 1.29 is 18.6 Å². The maximum Gasteiger partial charge on any atom is 0.231 e. The van der Waals surface area contributed by atoms with E-state index in [1.165, 1.54) is 12.1 Å². The van der Waals surface area contributed by atoms with Crippen LogP contribution in [0.2, 0.25) is 0 Å². The lowest BCUT2D eigenvalue weighted by molar-refractivity contribution is 0.0671. The van der Waals surface area contributed by atoms with Crippen LogP contribution in [-0.2, 0) is 4.74 Å². The predicted molar refractivity (Wildman–Crippen MR) is 118 cm³/mol. The maximum atomic E-state index is 13.6. The van der Waals surface area contributed by atoms with E-state index in [4.69, 9.17) is 19.9 Å². The summed E-state index contributed by atoms with van der Waals surface area (Å²) in [6.07, 6.45) is -0.592. The van der Waals surface area contributed by atoms with Crippen molar-refractivity contribution in [1.29, 1.82) is 0 Å². The van der Waals surface area contributed by atoms with Crippen molar-refractivity contribution in [2.75, 3.05) is 43.3 Å². The molecule has 2 aromatic rings. The summed E-state index contributed by atoms with van der Waals surface area (Å²) in [4.78, 5) is 13.0. The summed E-state index contributed by atoms with van der Waals surface area (Å²) in [6.45, 7) is 2.71. The molecular formula is C20H22ClFN6O3. The van der Waals surface area contributed by atoms with Crippen molar-refractivity contribution in [2.45, 2.75) is 6.29 Å². The standard InChI is InChI=1S/C20H21FN6O3.ClH/c21-13-1-4-15(5-2-13)27-19(23-14-3-6-16-17(11-14)30-12-29-16)24-18(22)25-20(27)26-7-9-28-10-8-26;/h1-6,11,19,23H,7-10,12H2,(H2,22,24);1H. The number of rotatable bonds is 3. The van der Waals surface area contributed by atoms with Gasteiger partial charge in [-0.2, -0.15) is 4.99 Å². The first kappa shape index (κ1) is 21.0. The second kappa shape index (κ2) is 8.86. The molecule has 0 bridgehead atoms. The fraction of sp³-hybridized carbons (Fsp3) is 0.300. The zero-order valence-electron chi connectivity index (χ0n) is 16.5. The Hall–Kier alpha value is -3.24. The summed E-state index contributed by atoms with van der Waals surface area (Å²) in [7, 11) is 0. The van der Waals surface area contributed by atoms with Gasteiger partial charge in [-0.15, -0.1) is 12.4 Å². The van der Waals surface area contributed by atoms with Crippen LogP contribution >= 0.6 is 12.4 Å². The van der Waals surface area contributed by atoms with Gasteiger partial charge in [0.25, 0.3) is 0 Å². The molecule has 0 aliphatic carbocycles. The molecule has 3 aliphatic heterocycles. The predicted octanol–water partition coefficient (Wildman–Crippen LogP) is 2.19. The molecule has 3 heterocycles. The fourth-order valence-electron chi connectivity index (χ4n) is 3.55. The molecule has 1 atom stereocenters. The smallest absolute Gasteiger partial charge is 0.231 e. The van der Waals surface area contributed by atoms with Crippen molar-refractivity contribution in [3.63, 3.8) is 0 Å². The summed E-state index contributed by atoms with van der Waals surface area (Å²) < 4.78 is 29.9. The van der Waals surface area contributed by atoms with E-state index in [0.717, 1.165) is 11.4 Å². The number of benzene rings is 2. The van der Waals surface area contributed by atoms with Crippen molar-refractivity contribution in [1.82, 2.24) is 4.90 Å². The van der Waals surface area contributed by atoms with Crippen molar-refractivity contribution in [3.05, 3.63) is 48.3 Å². The molecule has 3 aliphatic rings. The number of fused-ring (bicyclic) bond motifs is 1. The minimum atomic E-state index is -0.592. The van der Waals surface area contributed by atoms with Crippen LogP contribution in [0.15, 0.2) is 52.4 Å². The highest BCUT2D eigenvalue weighted by Crippen LogP contribution is 2.35. The first-order valence-corrected chi connectivity index (χ1v) is 9.63. The van der Waals surface area contributed by atoms with Crippen LogP contribution in [0, 0.1) is 5.82 Å². The molecule has 3 N–H and O–H groups in total. The van der Waals surface area contributed by atoms with Gasteiger partial charge in [0.15, 0.2) is 11.5 Å². The van der Waals surface area contributed by atoms with Crippen LogP contribution < -0.4 is 25.4 Å². The Bertz CT molecular complexity index is 997. The highest BCUT2D eigenvalue weighted by molar-refractivity contribution is 6.06. The van der Waals surface area contributed by atoms with Crippen LogP contribution in [0.1, 0.15) is 0 Å². The Balaban J connectivity index is 0.00000231. The average Bonchev–Trinajstić information content (AvgIpc) is 3.23. The Morgan fingerprint density at radius 1 is 1.03 bits per heavy atom. The minimum absolute atomic E-state index is 0. The molecule has 0 saturated carbocycles. The molecule has 2 aromatic carbocycles. The number of hydrogen-bond acceptors (Lipinski definition) is 9. The molecule has 0 aromatic heterocycles. The molecule has 9 nitrogen and oxygen atoms in total. The number of nitrogens with two attached hydrogens (primary N) is 1. The van der Waals surface area contributed by atoms with Gasteiger partial charge in [-0.05, 0) is 36.4 Å². The molecule has 164 valence electrons. The van der Waals surface area contributed by atoms with Gasteiger partial charge in [-0.3, -0.25) is 4.90 Å². The Morgan fingerprint density at radius 3 is 2.55 bits per heavy atom. The quantitative estimate of drug-likeness (QED) is 0.742. The van der Waals surface area contributed by atoms with Crippen LogP contribution in [0.5, 0.6) is 11.5 Å². The molecule has 0 amide bonds. The maximum absolute atomic E-state index is 13.6. The molecule has 11 heteroatoms. The molecular weight excluding hydrogens is 427 g/mol. The van der Waals surface area contributed by atoms with E-state index in [0.29, 0.717) is 43.8 Å². The molecule has 5 rings (SSSR count). The first-order valence-electron chi connectivity index (χ1n) is 9.63. The van der Waals surface area contributed by atoms with E-state index in [1.54, 1.807) is 12.1 Å². The van der Waals surface area contributed by atoms with E-state index in [2.05, 4.69) is 20.2 Å². The Labute approximate surface area is 184 Å². The number of anilines is 2. The number of nitrogens with one attached hydrogen (secondary N) is 1. The van der Waals surface area contributed by atoms with E-state index >= 15 is 0 Å². The van der Waals surface area contributed by atoms with Crippen LogP contribution in [0.4, 0.5) is 15.8 Å². The molecule has 0 spiro atoms. The van der Waals surface area contributed by atoms with Gasteiger partial charge in [0, 0.05) is 30.5 Å². The summed E-state index contributed by atoms with van der Waals surface area (Å²) in [5.41, 5.74) is 7.57. The third kappa shape index (κ3) is 4.30. The number of ether oxygens (including phenoxy) is 3. The topological polar surface area (TPSA) is 96.9 Å². The lowest BCUT2D eigenvalue weighted by Gasteiger charge is -2.41. The summed E-state index contributed by atoms with van der Waals surface area (Å²) >= 11 is 0. The number of nitrogens with zero attached hydrogens (tertiary/aromatic N) is 4. The molecule has 1 unspecified atom stereocenters. The fourth-order valence-corrected chi connectivity index (χ4v) is 3.55. The first-order chi connectivity index (χ1) is 14.7. The summed E-state index contributed by atoms with van der Waals surface area (Å²) in [5, 5.41) is 3.36. The van der Waals surface area contributed by atoms with Crippen molar-refractivity contribution >= 4 is 35.7 Å². The van der Waals surface area contributed by atoms with Crippen molar-refractivity contribution in [2.24, 2.45) is 15.7 Å². The Kier molecular flexibility index (Phi) is 6.01. The number of hydrogen-bond donors (Lipinski definition) is 2. The van der Waals surface area contributed by atoms with Gasteiger partial charge in [0.1, 0.15) is 5.82 Å². The normalized spacial score (nSPS) is 20.0. The highest BCUT2D eigenvalue weighted by Gasteiger charge is 2.32. The van der Waals surface area contributed by atoms with Gasteiger partial charge in [0.05, 0.1) is 13.2 Å². The number of aliphatic imine (C=N–C) groups is 2. The second-order valence-electron chi connectivity index (χ2n) is 6.93. The van der Waals surface area contributed by atoms with Crippen molar-refractivity contribution in [3.8, 4) is 11.5 Å². The van der Waals surface area contributed by atoms with E-state index in [1.807, 2.05) is 23.1 Å². The van der Waals surface area contributed by atoms with Gasteiger partial charge in [-0.25, -0.2) is 9.38 Å². The number of halogens is 2. The van der Waals surface area contributed by atoms with Gasteiger partial charge >= 0.3 is 0 Å². The Morgan fingerprint density at radius 2 is 1.77 bits per heavy atom. The monoisotopic (exact) mass is 448 g/mol. The molecule has 1 fully saturated rings. The van der Waals surface area contributed by atoms with E-state index < -0.39 is 6.29 Å². The summed E-state index contributed by atoms with van der Waals surface area (Å²) in [6, 6.07) is 11.8. The molecule has 0 radical (unpaired) electrons. The van der Waals surface area contributed by atoms with Gasteiger partial charge in [-0.1, -0.05) is 0 Å². The second-order valence-corrected chi connectivity index (χ2v) is 6.93. The molecule has 31 heavy (non-hydrogen) atoms. The van der Waals surface area contributed by atoms with Crippen LogP contribution in [0.3, 0.4) is 0 Å². The van der Waals surface area contributed by atoms with Crippen LogP contribution in [0.25, 0.3) is 0 Å². The van der Waals surface area contributed by atoms with Crippen LogP contribution in [-0.4, -0.2) is 56.2 Å². The third-order valence-electron chi connectivity index (χ3n) is 5.00. The lowest BCUT2D eigenvalue weighted by Crippen LogP contribution is -2.57. The zero-order chi connectivity index (χ0) is 20.5. The van der Waals surface area contributed by atoms with Gasteiger partial charge < -0.3 is 30.2 Å². The zero-order valence-corrected chi connectivity index (χ0v) is 17.3. The third-order valence-corrected chi connectivity index (χ3v) is 5.00. The largest absolute Gasteiger partial charge is 0.454 e. The number of guanidine groups is 2. The minimum Gasteiger partial charge on any atom is -0.454 e. The molecule has 1 saturated heterocycles. The SMILES string of the molecule is Cl.NC1=NC(Nc2ccc3c(c2)OCO3)N(c2ccc(F)cc2)C(N2CCOCC2)=N1. The van der Waals surface area contributed by atoms with Gasteiger partial charge in [0.2, 0.25) is 25.0 Å². The lowest BCUT2D eigenvalue weighted by atomic mass is 10.2.